The first-order valence-corrected chi connectivity index (χ1v) is 8.32. The Morgan fingerprint density at radius 3 is 2.16 bits per heavy atom. The monoisotopic (exact) mass is 340 g/mol. The molecule has 0 spiro atoms. The molecule has 0 aliphatic carbocycles. The van der Waals surface area contributed by atoms with Crippen LogP contribution >= 0.6 is 0 Å². The molecule has 1 aromatic heterocycles. The minimum absolute atomic E-state index is 0.0161. The molecule has 0 aliphatic heterocycles. The van der Waals surface area contributed by atoms with Crippen molar-refractivity contribution in [2.75, 3.05) is 10.6 Å². The van der Waals surface area contributed by atoms with E-state index in [2.05, 4.69) is 20.9 Å². The SMILES string of the molecule is CC(C)CC(=O)Nc1ccc(NC(=O)NC(C)c2ccccn2)cc1. The number of urea groups is 1. The Labute approximate surface area is 148 Å². The third-order valence-electron chi connectivity index (χ3n) is 3.50. The average molecular weight is 340 g/mol. The van der Waals surface area contributed by atoms with E-state index < -0.39 is 0 Å². The van der Waals surface area contributed by atoms with Gasteiger partial charge in [-0.1, -0.05) is 19.9 Å². The molecule has 1 aromatic carbocycles. The van der Waals surface area contributed by atoms with Crippen molar-refractivity contribution in [3.8, 4) is 0 Å². The van der Waals surface area contributed by atoms with Gasteiger partial charge in [0.15, 0.2) is 0 Å². The topological polar surface area (TPSA) is 83.1 Å². The van der Waals surface area contributed by atoms with Gasteiger partial charge in [-0.05, 0) is 49.2 Å². The van der Waals surface area contributed by atoms with Crippen LogP contribution in [-0.4, -0.2) is 16.9 Å². The molecular weight excluding hydrogens is 316 g/mol. The normalized spacial score (nSPS) is 11.7. The molecule has 1 unspecified atom stereocenters. The van der Waals surface area contributed by atoms with Crippen LogP contribution in [0.15, 0.2) is 48.7 Å². The van der Waals surface area contributed by atoms with Crippen LogP contribution in [0.25, 0.3) is 0 Å². The summed E-state index contributed by atoms with van der Waals surface area (Å²) in [6.07, 6.45) is 2.17. The molecule has 2 rings (SSSR count). The highest BCUT2D eigenvalue weighted by molar-refractivity contribution is 5.92. The maximum absolute atomic E-state index is 12.1. The van der Waals surface area contributed by atoms with Gasteiger partial charge >= 0.3 is 6.03 Å². The van der Waals surface area contributed by atoms with Crippen LogP contribution in [0.2, 0.25) is 0 Å². The van der Waals surface area contributed by atoms with Gasteiger partial charge in [-0.25, -0.2) is 4.79 Å². The minimum atomic E-state index is -0.310. The van der Waals surface area contributed by atoms with E-state index in [-0.39, 0.29) is 18.0 Å². The molecule has 3 amide bonds. The number of hydrogen-bond acceptors (Lipinski definition) is 3. The number of carbonyl (C=O) groups excluding carboxylic acids is 2. The zero-order chi connectivity index (χ0) is 18.2. The lowest BCUT2D eigenvalue weighted by molar-refractivity contribution is -0.116. The fraction of sp³-hybridized carbons (Fsp3) is 0.316. The van der Waals surface area contributed by atoms with Gasteiger partial charge in [-0.2, -0.15) is 0 Å². The van der Waals surface area contributed by atoms with Crippen molar-refractivity contribution in [3.05, 3.63) is 54.4 Å². The number of rotatable bonds is 6. The summed E-state index contributed by atoms with van der Waals surface area (Å²) in [5, 5.41) is 8.43. The predicted octanol–water partition coefficient (Wildman–Crippen LogP) is 3.95. The molecule has 6 nitrogen and oxygen atoms in total. The van der Waals surface area contributed by atoms with Gasteiger partial charge in [0.2, 0.25) is 5.91 Å². The first-order chi connectivity index (χ1) is 11.9. The number of nitrogens with one attached hydrogen (secondary N) is 3. The zero-order valence-corrected chi connectivity index (χ0v) is 14.7. The molecule has 1 heterocycles. The van der Waals surface area contributed by atoms with E-state index in [9.17, 15) is 9.59 Å². The summed E-state index contributed by atoms with van der Waals surface area (Å²) >= 11 is 0. The molecule has 0 saturated carbocycles. The Morgan fingerprint density at radius 1 is 0.960 bits per heavy atom. The van der Waals surface area contributed by atoms with Gasteiger partial charge in [0.25, 0.3) is 0 Å². The van der Waals surface area contributed by atoms with Crippen molar-refractivity contribution in [2.24, 2.45) is 5.92 Å². The number of anilines is 2. The van der Waals surface area contributed by atoms with Crippen molar-refractivity contribution >= 4 is 23.3 Å². The summed E-state index contributed by atoms with van der Waals surface area (Å²) in [6, 6.07) is 12.1. The fourth-order valence-electron chi connectivity index (χ4n) is 2.29. The van der Waals surface area contributed by atoms with Crippen molar-refractivity contribution in [3.63, 3.8) is 0 Å². The molecule has 0 fully saturated rings. The summed E-state index contributed by atoms with van der Waals surface area (Å²) in [6.45, 7) is 5.86. The van der Waals surface area contributed by atoms with Gasteiger partial charge in [0, 0.05) is 24.0 Å². The first kappa shape index (κ1) is 18.4. The van der Waals surface area contributed by atoms with E-state index in [0.717, 1.165) is 5.69 Å². The number of amides is 3. The lowest BCUT2D eigenvalue weighted by Gasteiger charge is -2.14. The molecular formula is C19H24N4O2. The van der Waals surface area contributed by atoms with Gasteiger partial charge < -0.3 is 16.0 Å². The zero-order valence-electron chi connectivity index (χ0n) is 14.7. The summed E-state index contributed by atoms with van der Waals surface area (Å²) < 4.78 is 0. The van der Waals surface area contributed by atoms with Gasteiger partial charge in [0.1, 0.15) is 0 Å². The molecule has 0 radical (unpaired) electrons. The van der Waals surface area contributed by atoms with Crippen LogP contribution in [0.4, 0.5) is 16.2 Å². The highest BCUT2D eigenvalue weighted by Gasteiger charge is 2.10. The lowest BCUT2D eigenvalue weighted by Crippen LogP contribution is -2.31. The Kier molecular flexibility index (Phi) is 6.51. The van der Waals surface area contributed by atoms with Crippen LogP contribution in [0.1, 0.15) is 38.9 Å². The number of pyridine rings is 1. The first-order valence-electron chi connectivity index (χ1n) is 8.32. The Balaban J connectivity index is 1.86. The summed E-state index contributed by atoms with van der Waals surface area (Å²) in [7, 11) is 0. The number of carbonyl (C=O) groups is 2. The summed E-state index contributed by atoms with van der Waals surface area (Å²) in [5.41, 5.74) is 2.15. The minimum Gasteiger partial charge on any atom is -0.330 e. The van der Waals surface area contributed by atoms with Gasteiger partial charge in [0.05, 0.1) is 11.7 Å². The Bertz CT molecular complexity index is 699. The van der Waals surface area contributed by atoms with Crippen molar-refractivity contribution in [2.45, 2.75) is 33.2 Å². The molecule has 0 saturated heterocycles. The quantitative estimate of drug-likeness (QED) is 0.744. The van der Waals surface area contributed by atoms with Crippen LogP contribution in [-0.2, 0) is 4.79 Å². The highest BCUT2D eigenvalue weighted by atomic mass is 16.2. The van der Waals surface area contributed by atoms with Gasteiger partial charge in [-0.15, -0.1) is 0 Å². The van der Waals surface area contributed by atoms with E-state index in [4.69, 9.17) is 0 Å². The average Bonchev–Trinajstić information content (AvgIpc) is 2.56. The molecule has 25 heavy (non-hydrogen) atoms. The Morgan fingerprint density at radius 2 is 1.60 bits per heavy atom. The molecule has 3 N–H and O–H groups in total. The number of aromatic nitrogens is 1. The number of nitrogens with zero attached hydrogens (tertiary/aromatic N) is 1. The molecule has 1 atom stereocenters. The summed E-state index contributed by atoms with van der Waals surface area (Å²) in [5.74, 6) is 0.295. The molecule has 2 aromatic rings. The van der Waals surface area contributed by atoms with Crippen molar-refractivity contribution < 1.29 is 9.59 Å². The highest BCUT2D eigenvalue weighted by Crippen LogP contribution is 2.15. The van der Waals surface area contributed by atoms with Crippen molar-refractivity contribution in [1.29, 1.82) is 0 Å². The smallest absolute Gasteiger partial charge is 0.319 e. The molecule has 0 bridgehead atoms. The van der Waals surface area contributed by atoms with Crippen LogP contribution in [0, 0.1) is 5.92 Å². The lowest BCUT2D eigenvalue weighted by atomic mass is 10.1. The molecule has 0 aliphatic rings. The number of hydrogen-bond donors (Lipinski definition) is 3. The van der Waals surface area contributed by atoms with E-state index in [1.54, 1.807) is 30.5 Å². The van der Waals surface area contributed by atoms with Crippen LogP contribution in [0.3, 0.4) is 0 Å². The third-order valence-corrected chi connectivity index (χ3v) is 3.50. The maximum atomic E-state index is 12.1. The largest absolute Gasteiger partial charge is 0.330 e. The second-order valence-electron chi connectivity index (χ2n) is 6.30. The standard InChI is InChI=1S/C19H24N4O2/c1-13(2)12-18(24)22-15-7-9-16(10-8-15)23-19(25)21-14(3)17-6-4-5-11-20-17/h4-11,13-14H,12H2,1-3H3,(H,22,24)(H2,21,23,25). The van der Waals surface area contributed by atoms with E-state index in [1.807, 2.05) is 39.0 Å². The van der Waals surface area contributed by atoms with Crippen LogP contribution < -0.4 is 16.0 Å². The molecule has 132 valence electrons. The molecule has 6 heteroatoms. The Hall–Kier alpha value is -2.89. The maximum Gasteiger partial charge on any atom is 0.319 e. The van der Waals surface area contributed by atoms with Crippen LogP contribution in [0.5, 0.6) is 0 Å². The second-order valence-corrected chi connectivity index (χ2v) is 6.30. The third kappa shape index (κ3) is 6.25. The number of benzene rings is 1. The predicted molar refractivity (Wildman–Crippen MR) is 99.3 cm³/mol. The fourth-order valence-corrected chi connectivity index (χ4v) is 2.29. The van der Waals surface area contributed by atoms with E-state index in [0.29, 0.717) is 23.7 Å². The van der Waals surface area contributed by atoms with E-state index in [1.165, 1.54) is 0 Å². The van der Waals surface area contributed by atoms with Crippen molar-refractivity contribution in [1.82, 2.24) is 10.3 Å². The summed E-state index contributed by atoms with van der Waals surface area (Å²) in [4.78, 5) is 28.0. The van der Waals surface area contributed by atoms with E-state index >= 15 is 0 Å². The van der Waals surface area contributed by atoms with Gasteiger partial charge in [-0.3, -0.25) is 9.78 Å². The second kappa shape index (κ2) is 8.82.